The zero-order chi connectivity index (χ0) is 15.6. The SMILES string of the molecule is FC(F)(F)c1ccn(-c2cccc(Oc3cc[c]cc3)n2)n1. The highest BCUT2D eigenvalue weighted by Crippen LogP contribution is 2.28. The summed E-state index contributed by atoms with van der Waals surface area (Å²) in [6.45, 7) is 0. The van der Waals surface area contributed by atoms with E-state index in [1.54, 1.807) is 42.5 Å². The maximum atomic E-state index is 12.6. The highest BCUT2D eigenvalue weighted by molar-refractivity contribution is 5.31. The number of alkyl halides is 3. The van der Waals surface area contributed by atoms with Crippen LogP contribution in [0.2, 0.25) is 0 Å². The van der Waals surface area contributed by atoms with Crippen molar-refractivity contribution in [1.29, 1.82) is 0 Å². The molecule has 0 unspecified atom stereocenters. The van der Waals surface area contributed by atoms with Gasteiger partial charge in [-0.05, 0) is 30.3 Å². The Kier molecular flexibility index (Phi) is 3.54. The first-order valence-corrected chi connectivity index (χ1v) is 6.27. The molecule has 1 radical (unpaired) electrons. The van der Waals surface area contributed by atoms with E-state index in [1.165, 1.54) is 6.20 Å². The molecule has 0 spiro atoms. The van der Waals surface area contributed by atoms with Gasteiger partial charge in [-0.2, -0.15) is 23.3 Å². The summed E-state index contributed by atoms with van der Waals surface area (Å²) in [7, 11) is 0. The number of hydrogen-bond donors (Lipinski definition) is 0. The molecule has 1 aromatic carbocycles. The van der Waals surface area contributed by atoms with Crippen molar-refractivity contribution in [2.24, 2.45) is 0 Å². The lowest BCUT2D eigenvalue weighted by molar-refractivity contribution is -0.141. The fourth-order valence-electron chi connectivity index (χ4n) is 1.75. The Labute approximate surface area is 123 Å². The first kappa shape index (κ1) is 14.1. The lowest BCUT2D eigenvalue weighted by Crippen LogP contribution is -2.07. The van der Waals surface area contributed by atoms with Crippen molar-refractivity contribution >= 4 is 0 Å². The predicted octanol–water partition coefficient (Wildman–Crippen LogP) is 3.88. The zero-order valence-electron chi connectivity index (χ0n) is 11.1. The molecule has 0 amide bonds. The van der Waals surface area contributed by atoms with Gasteiger partial charge in [0.15, 0.2) is 11.5 Å². The number of rotatable bonds is 3. The third kappa shape index (κ3) is 3.08. The number of aromatic nitrogens is 3. The van der Waals surface area contributed by atoms with Crippen molar-refractivity contribution in [3.8, 4) is 17.4 Å². The minimum absolute atomic E-state index is 0.232. The van der Waals surface area contributed by atoms with Crippen molar-refractivity contribution < 1.29 is 17.9 Å². The van der Waals surface area contributed by atoms with Crippen LogP contribution in [0.15, 0.2) is 54.7 Å². The minimum Gasteiger partial charge on any atom is -0.439 e. The van der Waals surface area contributed by atoms with Crippen molar-refractivity contribution in [3.05, 3.63) is 66.5 Å². The van der Waals surface area contributed by atoms with Crippen LogP contribution in [0.25, 0.3) is 5.82 Å². The second kappa shape index (κ2) is 5.51. The molecule has 3 aromatic rings. The summed E-state index contributed by atoms with van der Waals surface area (Å²) in [5, 5.41) is 3.47. The van der Waals surface area contributed by atoms with E-state index in [1.807, 2.05) is 0 Å². The molecule has 0 saturated heterocycles. The van der Waals surface area contributed by atoms with E-state index in [-0.39, 0.29) is 11.7 Å². The molecule has 0 aliphatic rings. The van der Waals surface area contributed by atoms with Gasteiger partial charge in [0.1, 0.15) is 5.75 Å². The lowest BCUT2D eigenvalue weighted by Gasteiger charge is -2.06. The fraction of sp³-hybridized carbons (Fsp3) is 0.0667. The standard InChI is InChI=1S/C15H9F3N3O/c16-15(17,18)12-9-10-21(20-12)13-7-4-8-14(19-13)22-11-5-2-1-3-6-11/h2-10H. The number of ether oxygens (including phenoxy) is 1. The van der Waals surface area contributed by atoms with E-state index in [0.29, 0.717) is 5.75 Å². The molecule has 0 saturated carbocycles. The molecule has 4 nitrogen and oxygen atoms in total. The average molecular weight is 304 g/mol. The maximum Gasteiger partial charge on any atom is 0.435 e. The number of hydrogen-bond acceptors (Lipinski definition) is 3. The van der Waals surface area contributed by atoms with Gasteiger partial charge in [-0.1, -0.05) is 18.2 Å². The zero-order valence-corrected chi connectivity index (χ0v) is 11.1. The molecule has 7 heteroatoms. The van der Waals surface area contributed by atoms with Crippen molar-refractivity contribution in [2.75, 3.05) is 0 Å². The van der Waals surface area contributed by atoms with Crippen LogP contribution in [-0.2, 0) is 6.18 Å². The monoisotopic (exact) mass is 304 g/mol. The van der Waals surface area contributed by atoms with Crippen LogP contribution in [0.5, 0.6) is 11.6 Å². The molecule has 0 bridgehead atoms. The summed E-state index contributed by atoms with van der Waals surface area (Å²) in [5.41, 5.74) is -0.973. The Bertz CT molecular complexity index is 769. The third-order valence-corrected chi connectivity index (χ3v) is 2.73. The highest BCUT2D eigenvalue weighted by Gasteiger charge is 2.33. The van der Waals surface area contributed by atoms with Gasteiger partial charge in [-0.3, -0.25) is 0 Å². The maximum absolute atomic E-state index is 12.6. The van der Waals surface area contributed by atoms with Crippen LogP contribution in [0.4, 0.5) is 13.2 Å². The van der Waals surface area contributed by atoms with Crippen LogP contribution in [0.1, 0.15) is 5.69 Å². The number of pyridine rings is 1. The molecule has 111 valence electrons. The van der Waals surface area contributed by atoms with Gasteiger partial charge >= 0.3 is 6.18 Å². The van der Waals surface area contributed by atoms with Gasteiger partial charge in [0.25, 0.3) is 0 Å². The Morgan fingerprint density at radius 2 is 1.82 bits per heavy atom. The van der Waals surface area contributed by atoms with Gasteiger partial charge in [-0.15, -0.1) is 0 Å². The second-order valence-corrected chi connectivity index (χ2v) is 4.32. The molecule has 0 N–H and O–H groups in total. The quantitative estimate of drug-likeness (QED) is 0.737. The van der Waals surface area contributed by atoms with Crippen LogP contribution < -0.4 is 4.74 Å². The molecular weight excluding hydrogens is 295 g/mol. The molecule has 0 atom stereocenters. The Balaban J connectivity index is 1.86. The topological polar surface area (TPSA) is 39.9 Å². The summed E-state index contributed by atoms with van der Waals surface area (Å²) in [4.78, 5) is 4.13. The largest absolute Gasteiger partial charge is 0.439 e. The molecule has 3 rings (SSSR count). The van der Waals surface area contributed by atoms with Crippen LogP contribution in [-0.4, -0.2) is 14.8 Å². The van der Waals surface area contributed by atoms with Gasteiger partial charge in [0.05, 0.1) is 0 Å². The smallest absolute Gasteiger partial charge is 0.435 e. The normalized spacial score (nSPS) is 11.4. The second-order valence-electron chi connectivity index (χ2n) is 4.32. The van der Waals surface area contributed by atoms with Gasteiger partial charge < -0.3 is 4.74 Å². The van der Waals surface area contributed by atoms with E-state index < -0.39 is 11.9 Å². The summed E-state index contributed by atoms with van der Waals surface area (Å²) < 4.78 is 44.2. The summed E-state index contributed by atoms with van der Waals surface area (Å²) in [5.74, 6) is 1.04. The first-order valence-electron chi connectivity index (χ1n) is 6.27. The predicted molar refractivity (Wildman–Crippen MR) is 71.7 cm³/mol. The summed E-state index contributed by atoms with van der Waals surface area (Å²) in [6, 6.07) is 15.3. The van der Waals surface area contributed by atoms with Gasteiger partial charge in [0.2, 0.25) is 5.88 Å². The average Bonchev–Trinajstić information content (AvgIpc) is 2.99. The van der Waals surface area contributed by atoms with Crippen molar-refractivity contribution in [1.82, 2.24) is 14.8 Å². The number of benzene rings is 1. The molecule has 0 fully saturated rings. The molecule has 0 aliphatic heterocycles. The number of halogens is 3. The van der Waals surface area contributed by atoms with Crippen LogP contribution in [0, 0.1) is 6.07 Å². The molecule has 0 aliphatic carbocycles. The Morgan fingerprint density at radius 1 is 1.05 bits per heavy atom. The van der Waals surface area contributed by atoms with E-state index in [9.17, 15) is 13.2 Å². The van der Waals surface area contributed by atoms with Crippen molar-refractivity contribution in [3.63, 3.8) is 0 Å². The highest BCUT2D eigenvalue weighted by atomic mass is 19.4. The molecule has 2 aromatic heterocycles. The van der Waals surface area contributed by atoms with E-state index in [0.717, 1.165) is 10.7 Å². The van der Waals surface area contributed by atoms with E-state index >= 15 is 0 Å². The molecule has 22 heavy (non-hydrogen) atoms. The van der Waals surface area contributed by atoms with Gasteiger partial charge in [-0.25, -0.2) is 4.68 Å². The van der Waals surface area contributed by atoms with E-state index in [4.69, 9.17) is 4.74 Å². The van der Waals surface area contributed by atoms with E-state index in [2.05, 4.69) is 16.1 Å². The van der Waals surface area contributed by atoms with Gasteiger partial charge in [0, 0.05) is 12.3 Å². The fourth-order valence-corrected chi connectivity index (χ4v) is 1.75. The Morgan fingerprint density at radius 3 is 2.50 bits per heavy atom. The lowest BCUT2D eigenvalue weighted by atomic mass is 10.3. The van der Waals surface area contributed by atoms with Crippen LogP contribution >= 0.6 is 0 Å². The molecular formula is C15H9F3N3O. The Hall–Kier alpha value is -2.83. The minimum atomic E-state index is -4.49. The molecule has 2 heterocycles. The third-order valence-electron chi connectivity index (χ3n) is 2.73. The van der Waals surface area contributed by atoms with Crippen LogP contribution in [0.3, 0.4) is 0 Å². The van der Waals surface area contributed by atoms with Crippen molar-refractivity contribution in [2.45, 2.75) is 6.18 Å². The summed E-state index contributed by atoms with van der Waals surface area (Å²) >= 11 is 0. The first-order chi connectivity index (χ1) is 10.5. The summed E-state index contributed by atoms with van der Waals surface area (Å²) in [6.07, 6.45) is -3.29. The number of nitrogens with zero attached hydrogens (tertiary/aromatic N) is 3.